The van der Waals surface area contributed by atoms with Crippen molar-refractivity contribution in [1.82, 2.24) is 4.90 Å². The van der Waals surface area contributed by atoms with Crippen LogP contribution in [0.15, 0.2) is 23.4 Å². The first-order valence-corrected chi connectivity index (χ1v) is 4.63. The van der Waals surface area contributed by atoms with E-state index in [-0.39, 0.29) is 12.4 Å². The van der Waals surface area contributed by atoms with E-state index in [1.165, 1.54) is 7.05 Å². The molecule has 7 heteroatoms. The number of benzene rings is 1. The summed E-state index contributed by atoms with van der Waals surface area (Å²) in [5.41, 5.74) is 4.52. The number of nitrogens with two attached hydrogens (primary N) is 1. The second kappa shape index (κ2) is 5.24. The Balaban J connectivity index is 2.97. The summed E-state index contributed by atoms with van der Waals surface area (Å²) in [5, 5.41) is 11.0. The van der Waals surface area contributed by atoms with E-state index in [0.717, 1.165) is 23.1 Å². The summed E-state index contributed by atoms with van der Waals surface area (Å²) in [6.07, 6.45) is 0. The number of carbonyl (C=O) groups is 1. The molecule has 0 saturated carbocycles. The highest BCUT2D eigenvalue weighted by Gasteiger charge is 2.21. The minimum absolute atomic E-state index is 0.233. The number of likely N-dealkylation sites (N-methyl/N-ethyl adjacent to an activating group) is 1. The van der Waals surface area contributed by atoms with E-state index in [2.05, 4.69) is 5.16 Å². The standard InChI is InChI=1S/C10H11F2N3O2/c1-15(5-8(13)14-17)10(16)9-6(11)3-2-4-7(9)12/h2-4,17H,5H2,1H3,(H2,13,14). The molecule has 3 N–H and O–H groups in total. The third kappa shape index (κ3) is 2.90. The smallest absolute Gasteiger partial charge is 0.259 e. The van der Waals surface area contributed by atoms with Gasteiger partial charge in [0, 0.05) is 7.05 Å². The molecule has 5 nitrogen and oxygen atoms in total. The molecule has 0 atom stereocenters. The van der Waals surface area contributed by atoms with Gasteiger partial charge in [-0.15, -0.1) is 0 Å². The van der Waals surface area contributed by atoms with Crippen LogP contribution in [0.3, 0.4) is 0 Å². The van der Waals surface area contributed by atoms with E-state index >= 15 is 0 Å². The van der Waals surface area contributed by atoms with Crippen LogP contribution in [0.4, 0.5) is 8.78 Å². The first kappa shape index (κ1) is 12.9. The van der Waals surface area contributed by atoms with Gasteiger partial charge < -0.3 is 15.8 Å². The summed E-state index contributed by atoms with van der Waals surface area (Å²) in [5.74, 6) is -3.03. The van der Waals surface area contributed by atoms with Gasteiger partial charge >= 0.3 is 0 Å². The van der Waals surface area contributed by atoms with Crippen LogP contribution in [0.25, 0.3) is 0 Å². The summed E-state index contributed by atoms with van der Waals surface area (Å²) < 4.78 is 26.6. The molecule has 17 heavy (non-hydrogen) atoms. The Bertz CT molecular complexity index is 443. The van der Waals surface area contributed by atoms with Gasteiger partial charge in [-0.2, -0.15) is 0 Å². The van der Waals surface area contributed by atoms with Crippen molar-refractivity contribution >= 4 is 11.7 Å². The lowest BCUT2D eigenvalue weighted by Crippen LogP contribution is -2.36. The second-order valence-electron chi connectivity index (χ2n) is 3.35. The largest absolute Gasteiger partial charge is 0.409 e. The van der Waals surface area contributed by atoms with Crippen molar-refractivity contribution in [3.8, 4) is 0 Å². The average molecular weight is 243 g/mol. The number of oxime groups is 1. The fourth-order valence-corrected chi connectivity index (χ4v) is 1.24. The molecule has 0 radical (unpaired) electrons. The monoisotopic (exact) mass is 243 g/mol. The van der Waals surface area contributed by atoms with Gasteiger partial charge in [0.2, 0.25) is 0 Å². The van der Waals surface area contributed by atoms with Crippen LogP contribution in [-0.4, -0.2) is 35.4 Å². The number of amidine groups is 1. The van der Waals surface area contributed by atoms with Gasteiger partial charge in [-0.05, 0) is 12.1 Å². The molecule has 0 bridgehead atoms. The van der Waals surface area contributed by atoms with Gasteiger partial charge in [0.25, 0.3) is 5.91 Å². The van der Waals surface area contributed by atoms with Gasteiger partial charge in [0.15, 0.2) is 5.84 Å². The van der Waals surface area contributed by atoms with Crippen LogP contribution >= 0.6 is 0 Å². The Hall–Kier alpha value is -2.18. The molecule has 0 fully saturated rings. The number of rotatable bonds is 3. The maximum Gasteiger partial charge on any atom is 0.259 e. The summed E-state index contributed by atoms with van der Waals surface area (Å²) in [4.78, 5) is 12.6. The Kier molecular flexibility index (Phi) is 3.97. The molecule has 0 heterocycles. The van der Waals surface area contributed by atoms with E-state index in [1.54, 1.807) is 0 Å². The first-order valence-electron chi connectivity index (χ1n) is 4.63. The number of carbonyl (C=O) groups excluding carboxylic acids is 1. The maximum atomic E-state index is 13.3. The number of hydrogen-bond donors (Lipinski definition) is 2. The lowest BCUT2D eigenvalue weighted by Gasteiger charge is -2.16. The molecule has 0 saturated heterocycles. The molecule has 1 rings (SSSR count). The van der Waals surface area contributed by atoms with Crippen LogP contribution in [-0.2, 0) is 0 Å². The lowest BCUT2D eigenvalue weighted by atomic mass is 10.1. The topological polar surface area (TPSA) is 78.9 Å². The summed E-state index contributed by atoms with van der Waals surface area (Å²) >= 11 is 0. The minimum Gasteiger partial charge on any atom is -0.409 e. The predicted octanol–water partition coefficient (Wildman–Crippen LogP) is 0.783. The molecule has 0 aliphatic carbocycles. The van der Waals surface area contributed by atoms with Gasteiger partial charge in [-0.1, -0.05) is 11.2 Å². The number of halogens is 2. The highest BCUT2D eigenvalue weighted by Crippen LogP contribution is 2.13. The fourth-order valence-electron chi connectivity index (χ4n) is 1.24. The third-order valence-corrected chi connectivity index (χ3v) is 2.05. The van der Waals surface area contributed by atoms with E-state index in [9.17, 15) is 13.6 Å². The quantitative estimate of drug-likeness (QED) is 0.356. The van der Waals surface area contributed by atoms with Crippen molar-refractivity contribution in [2.45, 2.75) is 0 Å². The second-order valence-corrected chi connectivity index (χ2v) is 3.35. The van der Waals surface area contributed by atoms with Crippen LogP contribution in [0.1, 0.15) is 10.4 Å². The molecule has 1 aromatic carbocycles. The molecule has 92 valence electrons. The SMILES string of the molecule is CN(C/C(N)=N/O)C(=O)c1c(F)cccc1F. The van der Waals surface area contributed by atoms with Crippen molar-refractivity contribution in [3.05, 3.63) is 35.4 Å². The van der Waals surface area contributed by atoms with E-state index in [4.69, 9.17) is 10.9 Å². The highest BCUT2D eigenvalue weighted by atomic mass is 19.1. The Morgan fingerprint density at radius 1 is 1.47 bits per heavy atom. The number of hydrogen-bond acceptors (Lipinski definition) is 3. The van der Waals surface area contributed by atoms with Crippen molar-refractivity contribution < 1.29 is 18.8 Å². The highest BCUT2D eigenvalue weighted by molar-refractivity contribution is 5.97. The minimum atomic E-state index is -0.957. The first-order chi connectivity index (χ1) is 7.97. The molecule has 1 aromatic rings. The summed E-state index contributed by atoms with van der Waals surface area (Å²) in [6.45, 7) is -0.233. The molecule has 0 spiro atoms. The van der Waals surface area contributed by atoms with Crippen LogP contribution in [0.2, 0.25) is 0 Å². The predicted molar refractivity (Wildman–Crippen MR) is 56.7 cm³/mol. The molecule has 0 aliphatic heterocycles. The molecule has 0 aromatic heterocycles. The third-order valence-electron chi connectivity index (χ3n) is 2.05. The molecule has 0 unspecified atom stereocenters. The zero-order chi connectivity index (χ0) is 13.0. The molecule has 0 aliphatic rings. The molecule has 1 amide bonds. The zero-order valence-corrected chi connectivity index (χ0v) is 9.02. The Labute approximate surface area is 96.1 Å². The Morgan fingerprint density at radius 2 is 2.00 bits per heavy atom. The number of nitrogens with zero attached hydrogens (tertiary/aromatic N) is 2. The van der Waals surface area contributed by atoms with Crippen LogP contribution in [0.5, 0.6) is 0 Å². The normalized spacial score (nSPS) is 11.4. The van der Waals surface area contributed by atoms with E-state index < -0.39 is 23.1 Å². The van der Waals surface area contributed by atoms with E-state index in [1.807, 2.05) is 0 Å². The summed E-state index contributed by atoms with van der Waals surface area (Å²) in [7, 11) is 1.28. The van der Waals surface area contributed by atoms with Crippen molar-refractivity contribution in [3.63, 3.8) is 0 Å². The van der Waals surface area contributed by atoms with Crippen molar-refractivity contribution in [2.75, 3.05) is 13.6 Å². The lowest BCUT2D eigenvalue weighted by molar-refractivity contribution is 0.0804. The van der Waals surface area contributed by atoms with Gasteiger partial charge in [-0.3, -0.25) is 4.79 Å². The van der Waals surface area contributed by atoms with Crippen molar-refractivity contribution in [2.24, 2.45) is 10.9 Å². The van der Waals surface area contributed by atoms with Crippen LogP contribution in [0, 0.1) is 11.6 Å². The van der Waals surface area contributed by atoms with Crippen LogP contribution < -0.4 is 5.73 Å². The van der Waals surface area contributed by atoms with E-state index in [0.29, 0.717) is 0 Å². The number of amides is 1. The maximum absolute atomic E-state index is 13.3. The zero-order valence-electron chi connectivity index (χ0n) is 9.02. The van der Waals surface area contributed by atoms with Gasteiger partial charge in [0.05, 0.1) is 6.54 Å². The molecular weight excluding hydrogens is 232 g/mol. The fraction of sp³-hybridized carbons (Fsp3) is 0.200. The van der Waals surface area contributed by atoms with Crippen molar-refractivity contribution in [1.29, 1.82) is 0 Å². The Morgan fingerprint density at radius 3 is 2.47 bits per heavy atom. The average Bonchev–Trinajstić information content (AvgIpc) is 2.28. The molecular formula is C10H11F2N3O2. The van der Waals surface area contributed by atoms with Gasteiger partial charge in [-0.25, -0.2) is 8.78 Å². The van der Waals surface area contributed by atoms with Gasteiger partial charge in [0.1, 0.15) is 17.2 Å². The summed E-state index contributed by atoms with van der Waals surface area (Å²) in [6, 6.07) is 3.12.